The first kappa shape index (κ1) is 20.0. The van der Waals surface area contributed by atoms with Crippen LogP contribution < -0.4 is 10.6 Å². The smallest absolute Gasteiger partial charge is 0.308 e. The molecule has 2 aliphatic rings. The van der Waals surface area contributed by atoms with Crippen LogP contribution in [0.25, 0.3) is 10.6 Å². The van der Waals surface area contributed by atoms with Crippen LogP contribution in [0.1, 0.15) is 46.6 Å². The van der Waals surface area contributed by atoms with Gasteiger partial charge in [0.25, 0.3) is 5.91 Å². The van der Waals surface area contributed by atoms with E-state index in [1.165, 1.54) is 17.7 Å². The van der Waals surface area contributed by atoms with Crippen molar-refractivity contribution < 1.29 is 14.3 Å². The molecule has 1 aromatic carbocycles. The second-order valence-electron chi connectivity index (χ2n) is 7.76. The number of methoxy groups -OCH3 is 1. The van der Waals surface area contributed by atoms with E-state index in [1.807, 2.05) is 24.3 Å². The fourth-order valence-electron chi connectivity index (χ4n) is 4.13. The molecule has 1 amide bonds. The van der Waals surface area contributed by atoms with Crippen LogP contribution in [0.2, 0.25) is 0 Å². The highest BCUT2D eigenvalue weighted by atomic mass is 32.1. The number of nitrogens with zero attached hydrogens (tertiary/aromatic N) is 1. The summed E-state index contributed by atoms with van der Waals surface area (Å²) < 4.78 is 4.83. The van der Waals surface area contributed by atoms with Gasteiger partial charge in [-0.2, -0.15) is 0 Å². The number of esters is 1. The number of thiazole rings is 1. The molecule has 1 aromatic heterocycles. The molecule has 0 saturated heterocycles. The molecule has 0 radical (unpaired) electrons. The Labute approximate surface area is 175 Å². The minimum atomic E-state index is -0.139. The van der Waals surface area contributed by atoms with Crippen LogP contribution in [0.3, 0.4) is 0 Å². The summed E-state index contributed by atoms with van der Waals surface area (Å²) >= 11 is 1.74. The van der Waals surface area contributed by atoms with Gasteiger partial charge < -0.3 is 15.4 Å². The highest BCUT2D eigenvalue weighted by Gasteiger charge is 2.28. The van der Waals surface area contributed by atoms with Gasteiger partial charge in [0.1, 0.15) is 5.01 Å². The Morgan fingerprint density at radius 2 is 1.97 bits per heavy atom. The lowest BCUT2D eigenvalue weighted by atomic mass is 9.86. The van der Waals surface area contributed by atoms with Crippen molar-refractivity contribution in [3.63, 3.8) is 0 Å². The number of carbonyl (C=O) groups is 2. The number of amides is 1. The number of fused-ring (bicyclic) bond motifs is 1. The van der Waals surface area contributed by atoms with Gasteiger partial charge in [-0.25, -0.2) is 4.98 Å². The van der Waals surface area contributed by atoms with Gasteiger partial charge in [0.2, 0.25) is 0 Å². The summed E-state index contributed by atoms with van der Waals surface area (Å²) in [6, 6.07) is 7.84. The van der Waals surface area contributed by atoms with Gasteiger partial charge in [-0.05, 0) is 44.2 Å². The van der Waals surface area contributed by atoms with Crippen molar-refractivity contribution in [3.05, 3.63) is 40.4 Å². The summed E-state index contributed by atoms with van der Waals surface area (Å²) in [5, 5.41) is 7.53. The largest absolute Gasteiger partial charge is 0.469 e. The first-order valence-corrected chi connectivity index (χ1v) is 11.1. The highest BCUT2D eigenvalue weighted by molar-refractivity contribution is 7.15. The van der Waals surface area contributed by atoms with Crippen molar-refractivity contribution in [3.8, 4) is 10.6 Å². The van der Waals surface area contributed by atoms with Crippen LogP contribution in [0.15, 0.2) is 24.3 Å². The molecular weight excluding hydrogens is 386 g/mol. The van der Waals surface area contributed by atoms with Crippen LogP contribution in [0.4, 0.5) is 0 Å². The molecule has 7 heteroatoms. The summed E-state index contributed by atoms with van der Waals surface area (Å²) in [6.07, 6.45) is 5.10. The Morgan fingerprint density at radius 1 is 1.17 bits per heavy atom. The molecule has 154 valence electrons. The Balaban J connectivity index is 1.41. The molecule has 0 unspecified atom stereocenters. The summed E-state index contributed by atoms with van der Waals surface area (Å²) in [7, 11) is 1.43. The van der Waals surface area contributed by atoms with Crippen LogP contribution in [-0.4, -0.2) is 43.1 Å². The molecule has 2 heterocycles. The van der Waals surface area contributed by atoms with E-state index in [1.54, 1.807) is 11.3 Å². The highest BCUT2D eigenvalue weighted by Crippen LogP contribution is 2.30. The average molecular weight is 414 g/mol. The number of nitrogens with one attached hydrogen (secondary N) is 2. The molecule has 0 atom stereocenters. The van der Waals surface area contributed by atoms with Crippen molar-refractivity contribution in [1.82, 2.24) is 15.6 Å². The van der Waals surface area contributed by atoms with Crippen molar-refractivity contribution in [2.45, 2.75) is 44.6 Å². The molecule has 29 heavy (non-hydrogen) atoms. The number of rotatable bonds is 4. The minimum absolute atomic E-state index is 0.0354. The molecule has 2 N–H and O–H groups in total. The number of benzene rings is 1. The number of hydrogen-bond donors (Lipinski definition) is 2. The van der Waals surface area contributed by atoms with E-state index >= 15 is 0 Å². The van der Waals surface area contributed by atoms with Crippen molar-refractivity contribution in [2.24, 2.45) is 5.92 Å². The van der Waals surface area contributed by atoms with Gasteiger partial charge in [0, 0.05) is 41.6 Å². The number of ether oxygens (including phenoxy) is 1. The number of hydrogen-bond acceptors (Lipinski definition) is 6. The quantitative estimate of drug-likeness (QED) is 0.754. The number of aromatic nitrogens is 1. The summed E-state index contributed by atoms with van der Waals surface area (Å²) in [4.78, 5) is 30.6. The fourth-order valence-corrected chi connectivity index (χ4v) is 5.24. The lowest BCUT2D eigenvalue weighted by Gasteiger charge is -2.27. The Kier molecular flexibility index (Phi) is 6.25. The predicted molar refractivity (Wildman–Crippen MR) is 113 cm³/mol. The fraction of sp³-hybridized carbons (Fsp3) is 0.500. The van der Waals surface area contributed by atoms with Crippen LogP contribution >= 0.6 is 11.3 Å². The maximum Gasteiger partial charge on any atom is 0.308 e. The summed E-state index contributed by atoms with van der Waals surface area (Å²) in [5.41, 5.74) is 2.84. The Morgan fingerprint density at radius 3 is 2.76 bits per heavy atom. The zero-order valence-electron chi connectivity index (χ0n) is 16.7. The van der Waals surface area contributed by atoms with Crippen LogP contribution in [0.5, 0.6) is 0 Å². The van der Waals surface area contributed by atoms with E-state index in [0.29, 0.717) is 5.56 Å². The van der Waals surface area contributed by atoms with Crippen LogP contribution in [-0.2, 0) is 22.4 Å². The maximum atomic E-state index is 12.8. The lowest BCUT2D eigenvalue weighted by Crippen LogP contribution is -2.38. The third-order valence-electron chi connectivity index (χ3n) is 5.81. The zero-order chi connectivity index (χ0) is 20.2. The summed E-state index contributed by atoms with van der Waals surface area (Å²) in [5.74, 6) is -0.234. The van der Waals surface area contributed by atoms with Gasteiger partial charge >= 0.3 is 5.97 Å². The van der Waals surface area contributed by atoms with Crippen molar-refractivity contribution in [1.29, 1.82) is 0 Å². The van der Waals surface area contributed by atoms with Crippen molar-refractivity contribution in [2.75, 3.05) is 20.2 Å². The summed E-state index contributed by atoms with van der Waals surface area (Å²) in [6.45, 7) is 1.96. The molecule has 4 rings (SSSR count). The third kappa shape index (κ3) is 4.67. The molecule has 2 aromatic rings. The van der Waals surface area contributed by atoms with Gasteiger partial charge in [-0.15, -0.1) is 11.3 Å². The Bertz CT molecular complexity index is 864. The lowest BCUT2D eigenvalue weighted by molar-refractivity contribution is -0.146. The van der Waals surface area contributed by atoms with E-state index < -0.39 is 0 Å². The molecular formula is C22H27N3O3S. The molecule has 1 saturated carbocycles. The molecule has 1 aliphatic heterocycles. The first-order chi connectivity index (χ1) is 14.1. The maximum absolute atomic E-state index is 12.8. The second-order valence-corrected chi connectivity index (χ2v) is 8.85. The average Bonchev–Trinajstić information content (AvgIpc) is 3.04. The molecule has 1 fully saturated rings. The van der Waals surface area contributed by atoms with E-state index in [4.69, 9.17) is 9.72 Å². The SMILES string of the molecule is COC(=O)C1CCC(NC(=O)c2cccc(-c3nc4c(s3)CCNCC4)c2)CC1. The van der Waals surface area contributed by atoms with Gasteiger partial charge in [-0.1, -0.05) is 12.1 Å². The predicted octanol–water partition coefficient (Wildman–Crippen LogP) is 2.96. The minimum Gasteiger partial charge on any atom is -0.469 e. The molecule has 0 bridgehead atoms. The van der Waals surface area contributed by atoms with Crippen molar-refractivity contribution >= 4 is 23.2 Å². The zero-order valence-corrected chi connectivity index (χ0v) is 17.5. The molecule has 6 nitrogen and oxygen atoms in total. The van der Waals surface area contributed by atoms with E-state index in [2.05, 4.69) is 10.6 Å². The van der Waals surface area contributed by atoms with Gasteiger partial charge in [0.05, 0.1) is 18.7 Å². The standard InChI is InChI=1S/C22H27N3O3S/c1-28-22(27)14-5-7-17(8-6-14)24-20(26)15-3-2-4-16(13-15)21-25-18-9-11-23-12-10-19(18)29-21/h2-4,13-14,17,23H,5-12H2,1H3,(H,24,26). The third-order valence-corrected chi connectivity index (χ3v) is 7.02. The molecule has 1 aliphatic carbocycles. The Hall–Kier alpha value is -2.25. The van der Waals surface area contributed by atoms with E-state index in [0.717, 1.165) is 62.2 Å². The normalized spacial score (nSPS) is 21.7. The molecule has 0 spiro atoms. The topological polar surface area (TPSA) is 80.3 Å². The van der Waals surface area contributed by atoms with Gasteiger partial charge in [0.15, 0.2) is 0 Å². The second kappa shape index (κ2) is 9.05. The monoisotopic (exact) mass is 413 g/mol. The number of carbonyl (C=O) groups excluding carboxylic acids is 2. The van der Waals surface area contributed by atoms with Gasteiger partial charge in [-0.3, -0.25) is 9.59 Å². The van der Waals surface area contributed by atoms with E-state index in [-0.39, 0.29) is 23.8 Å². The first-order valence-electron chi connectivity index (χ1n) is 10.3. The van der Waals surface area contributed by atoms with Crippen LogP contribution in [0, 0.1) is 5.92 Å². The van der Waals surface area contributed by atoms with E-state index in [9.17, 15) is 9.59 Å².